The third kappa shape index (κ3) is 2.70. The molecule has 1 heterocycles. The van der Waals surface area contributed by atoms with Crippen LogP contribution in [0.25, 0.3) is 0 Å². The number of carbonyl (C=O) groups excluding carboxylic acids is 1. The Morgan fingerprint density at radius 1 is 1.54 bits per heavy atom. The van der Waals surface area contributed by atoms with E-state index in [1.54, 1.807) is 0 Å². The van der Waals surface area contributed by atoms with Crippen LogP contribution in [-0.2, 0) is 4.79 Å². The molecule has 0 aliphatic carbocycles. The van der Waals surface area contributed by atoms with E-state index in [4.69, 9.17) is 12.2 Å². The maximum Gasteiger partial charge on any atom is 0.265 e. The molecule has 1 aliphatic heterocycles. The van der Waals surface area contributed by atoms with Crippen molar-refractivity contribution >= 4 is 34.2 Å². The van der Waals surface area contributed by atoms with Gasteiger partial charge in [0.05, 0.1) is 4.91 Å². The molecule has 0 spiro atoms. The lowest BCUT2D eigenvalue weighted by Gasteiger charge is -2.15. The molecule has 0 aromatic heterocycles. The molecule has 3 nitrogen and oxygen atoms in total. The number of nitrogens with one attached hydrogen (secondary N) is 1. The summed E-state index contributed by atoms with van der Waals surface area (Å²) in [6.45, 7) is 5.91. The summed E-state index contributed by atoms with van der Waals surface area (Å²) in [4.78, 5) is 14.0. The number of thiocarbonyl (C=S) groups is 1. The predicted molar refractivity (Wildman–Crippen MR) is 59.3 cm³/mol. The van der Waals surface area contributed by atoms with Crippen LogP contribution in [0.3, 0.4) is 0 Å². The van der Waals surface area contributed by atoms with Gasteiger partial charge in [-0.05, 0) is 13.8 Å². The minimum absolute atomic E-state index is 0.0816. The van der Waals surface area contributed by atoms with E-state index in [1.165, 1.54) is 11.8 Å². The molecular weight excluding hydrogens is 204 g/mol. The van der Waals surface area contributed by atoms with E-state index in [1.807, 2.05) is 6.20 Å². The summed E-state index contributed by atoms with van der Waals surface area (Å²) in [6, 6.07) is 0. The zero-order chi connectivity index (χ0) is 9.84. The van der Waals surface area contributed by atoms with Crippen LogP contribution in [0.2, 0.25) is 0 Å². The van der Waals surface area contributed by atoms with Crippen molar-refractivity contribution in [3.05, 3.63) is 11.1 Å². The predicted octanol–water partition coefficient (Wildman–Crippen LogP) is 1.32. The van der Waals surface area contributed by atoms with Gasteiger partial charge in [-0.3, -0.25) is 4.79 Å². The molecule has 1 aliphatic rings. The highest BCUT2D eigenvalue weighted by atomic mass is 32.2. The molecule has 1 rings (SSSR count). The van der Waals surface area contributed by atoms with Crippen LogP contribution in [0.15, 0.2) is 11.1 Å². The van der Waals surface area contributed by atoms with Crippen LogP contribution in [0.1, 0.15) is 13.8 Å². The van der Waals surface area contributed by atoms with Crippen molar-refractivity contribution in [2.45, 2.75) is 13.8 Å². The monoisotopic (exact) mass is 216 g/mol. The van der Waals surface area contributed by atoms with Gasteiger partial charge in [-0.1, -0.05) is 24.0 Å². The number of hydrogen-bond donors (Lipinski definition) is 1. The summed E-state index contributed by atoms with van der Waals surface area (Å²) < 4.78 is 0.545. The second-order valence-corrected chi connectivity index (χ2v) is 4.28. The van der Waals surface area contributed by atoms with Crippen LogP contribution in [-0.4, -0.2) is 28.2 Å². The minimum Gasteiger partial charge on any atom is -0.377 e. The van der Waals surface area contributed by atoms with Crippen LogP contribution < -0.4 is 5.32 Å². The Labute approximate surface area is 87.6 Å². The molecular formula is C8H12N2OS2. The first kappa shape index (κ1) is 10.5. The quantitative estimate of drug-likeness (QED) is 0.569. The lowest BCUT2D eigenvalue weighted by molar-refractivity contribution is -0.115. The molecule has 0 aromatic carbocycles. The molecule has 72 valence electrons. The number of carbonyl (C=O) groups is 1. The lowest BCUT2D eigenvalue weighted by Crippen LogP contribution is -2.20. The van der Waals surface area contributed by atoms with E-state index >= 15 is 0 Å². The summed E-state index contributed by atoms with van der Waals surface area (Å²) in [6.07, 6.45) is 1.86. The van der Waals surface area contributed by atoms with Gasteiger partial charge in [-0.2, -0.15) is 0 Å². The Morgan fingerprint density at radius 3 is 2.54 bits per heavy atom. The zero-order valence-corrected chi connectivity index (χ0v) is 9.30. The van der Waals surface area contributed by atoms with Crippen molar-refractivity contribution in [3.8, 4) is 0 Å². The normalized spacial score (nSPS) is 19.4. The van der Waals surface area contributed by atoms with Crippen molar-refractivity contribution in [2.75, 3.05) is 13.1 Å². The van der Waals surface area contributed by atoms with Crippen molar-refractivity contribution in [1.29, 1.82) is 0 Å². The van der Waals surface area contributed by atoms with Crippen LogP contribution in [0.5, 0.6) is 0 Å². The van der Waals surface area contributed by atoms with Gasteiger partial charge in [0.1, 0.15) is 4.32 Å². The topological polar surface area (TPSA) is 32.3 Å². The van der Waals surface area contributed by atoms with E-state index in [9.17, 15) is 4.79 Å². The fourth-order valence-corrected chi connectivity index (χ4v) is 2.03. The van der Waals surface area contributed by atoms with Crippen LogP contribution in [0, 0.1) is 0 Å². The molecule has 0 aromatic rings. The summed E-state index contributed by atoms with van der Waals surface area (Å²) in [5.41, 5.74) is 0. The number of amides is 1. The van der Waals surface area contributed by atoms with Gasteiger partial charge < -0.3 is 10.2 Å². The Balaban J connectivity index is 2.70. The molecule has 5 heteroatoms. The standard InChI is InChI=1S/C8H12N2OS2/c1-3-10(4-2)5-6-7(11)9-8(12)13-6/h5H,3-4H2,1-2H3,(H,9,11,12)/b6-5+. The maximum atomic E-state index is 11.2. The summed E-state index contributed by atoms with van der Waals surface area (Å²) >= 11 is 6.19. The fraction of sp³-hybridized carbons (Fsp3) is 0.500. The first-order valence-electron chi connectivity index (χ1n) is 4.16. The molecule has 0 bridgehead atoms. The first-order chi connectivity index (χ1) is 6.17. The van der Waals surface area contributed by atoms with Gasteiger partial charge >= 0.3 is 0 Å². The molecule has 0 radical (unpaired) electrons. The van der Waals surface area contributed by atoms with E-state index in [-0.39, 0.29) is 5.91 Å². The number of thioether (sulfide) groups is 1. The lowest BCUT2D eigenvalue weighted by atomic mass is 10.5. The van der Waals surface area contributed by atoms with Gasteiger partial charge in [-0.25, -0.2) is 0 Å². The highest BCUT2D eigenvalue weighted by Crippen LogP contribution is 2.23. The van der Waals surface area contributed by atoms with Crippen molar-refractivity contribution in [1.82, 2.24) is 10.2 Å². The van der Waals surface area contributed by atoms with Crippen LogP contribution >= 0.6 is 24.0 Å². The van der Waals surface area contributed by atoms with E-state index < -0.39 is 0 Å². The summed E-state index contributed by atoms with van der Waals surface area (Å²) in [5.74, 6) is -0.0816. The number of hydrogen-bond acceptors (Lipinski definition) is 4. The SMILES string of the molecule is CCN(/C=C1/SC(=S)NC1=O)CC. The molecule has 1 amide bonds. The van der Waals surface area contributed by atoms with Crippen molar-refractivity contribution in [3.63, 3.8) is 0 Å². The highest BCUT2D eigenvalue weighted by molar-refractivity contribution is 8.26. The Hall–Kier alpha value is -0.550. The molecule has 1 saturated heterocycles. The third-order valence-electron chi connectivity index (χ3n) is 1.75. The van der Waals surface area contributed by atoms with Crippen molar-refractivity contribution < 1.29 is 4.79 Å². The molecule has 0 saturated carbocycles. The molecule has 1 fully saturated rings. The van der Waals surface area contributed by atoms with Gasteiger partial charge in [0, 0.05) is 19.3 Å². The second kappa shape index (κ2) is 4.62. The number of nitrogens with zero attached hydrogens (tertiary/aromatic N) is 1. The highest BCUT2D eigenvalue weighted by Gasteiger charge is 2.22. The average Bonchev–Trinajstić information content (AvgIpc) is 2.41. The Bertz CT molecular complexity index is 259. The van der Waals surface area contributed by atoms with E-state index in [0.29, 0.717) is 9.23 Å². The molecule has 1 N–H and O–H groups in total. The third-order valence-corrected chi connectivity index (χ3v) is 2.90. The van der Waals surface area contributed by atoms with E-state index in [0.717, 1.165) is 13.1 Å². The summed E-state index contributed by atoms with van der Waals surface area (Å²) in [5, 5.41) is 2.58. The van der Waals surface area contributed by atoms with E-state index in [2.05, 4.69) is 24.1 Å². The fourth-order valence-electron chi connectivity index (χ4n) is 0.983. The summed E-state index contributed by atoms with van der Waals surface area (Å²) in [7, 11) is 0. The van der Waals surface area contributed by atoms with Crippen LogP contribution in [0.4, 0.5) is 0 Å². The van der Waals surface area contributed by atoms with Gasteiger partial charge in [-0.15, -0.1) is 0 Å². The van der Waals surface area contributed by atoms with Gasteiger partial charge in [0.15, 0.2) is 0 Å². The minimum atomic E-state index is -0.0816. The molecule has 0 unspecified atom stereocenters. The first-order valence-corrected chi connectivity index (χ1v) is 5.38. The van der Waals surface area contributed by atoms with Gasteiger partial charge in [0.25, 0.3) is 5.91 Å². The van der Waals surface area contributed by atoms with Gasteiger partial charge in [0.2, 0.25) is 0 Å². The molecule has 13 heavy (non-hydrogen) atoms. The zero-order valence-electron chi connectivity index (χ0n) is 7.66. The Morgan fingerprint density at radius 2 is 2.15 bits per heavy atom. The number of rotatable bonds is 3. The largest absolute Gasteiger partial charge is 0.377 e. The maximum absolute atomic E-state index is 11.2. The Kier molecular flexibility index (Phi) is 3.74. The average molecular weight is 216 g/mol. The molecule has 0 atom stereocenters. The van der Waals surface area contributed by atoms with Crippen molar-refractivity contribution in [2.24, 2.45) is 0 Å². The second-order valence-electron chi connectivity index (χ2n) is 2.56. The smallest absolute Gasteiger partial charge is 0.265 e.